The molecular weight excluding hydrogens is 340 g/mol. The van der Waals surface area contributed by atoms with Crippen molar-refractivity contribution in [2.45, 2.75) is 46.2 Å². The number of amides is 1. The van der Waals surface area contributed by atoms with Crippen LogP contribution in [0.1, 0.15) is 55.0 Å². The molecule has 9 heteroatoms. The Morgan fingerprint density at radius 3 is 2.38 bits per heavy atom. The van der Waals surface area contributed by atoms with Gasteiger partial charge in [-0.2, -0.15) is 10.2 Å². The summed E-state index contributed by atoms with van der Waals surface area (Å²) in [5.74, 6) is -0.339. The van der Waals surface area contributed by atoms with Crippen LogP contribution in [0.5, 0.6) is 0 Å². The van der Waals surface area contributed by atoms with Crippen LogP contribution in [-0.4, -0.2) is 25.5 Å². The minimum atomic E-state index is -2.79. The number of hydrogen-bond donors (Lipinski definition) is 1. The maximum atomic E-state index is 12.9. The highest BCUT2D eigenvalue weighted by atomic mass is 35.5. The Morgan fingerprint density at radius 1 is 1.29 bits per heavy atom. The van der Waals surface area contributed by atoms with Crippen molar-refractivity contribution in [2.75, 3.05) is 0 Å². The van der Waals surface area contributed by atoms with Gasteiger partial charge in [-0.05, 0) is 27.7 Å². The van der Waals surface area contributed by atoms with Gasteiger partial charge >= 0.3 is 0 Å². The summed E-state index contributed by atoms with van der Waals surface area (Å²) in [6, 6.07) is -1.04. The fraction of sp³-hybridized carbons (Fsp3) is 0.533. The Labute approximate surface area is 143 Å². The highest BCUT2D eigenvalue weighted by Crippen LogP contribution is 2.30. The Bertz CT molecular complexity index is 755. The number of aryl methyl sites for hydroxylation is 1. The molecule has 1 N–H and O–H groups in total. The van der Waals surface area contributed by atoms with Crippen LogP contribution in [0.15, 0.2) is 6.20 Å². The van der Waals surface area contributed by atoms with Gasteiger partial charge in [0, 0.05) is 18.3 Å². The number of carbonyl (C=O) groups excluding carboxylic acids is 1. The number of nitrogens with zero attached hydrogens (tertiary/aromatic N) is 4. The molecule has 2 heterocycles. The molecule has 2 atom stereocenters. The van der Waals surface area contributed by atoms with Crippen LogP contribution >= 0.6 is 11.6 Å². The first-order valence-electron chi connectivity index (χ1n) is 7.46. The van der Waals surface area contributed by atoms with Crippen LogP contribution in [0.2, 0.25) is 5.02 Å². The smallest absolute Gasteiger partial charge is 0.283 e. The summed E-state index contributed by atoms with van der Waals surface area (Å²) in [4.78, 5) is 12.5. The van der Waals surface area contributed by atoms with E-state index in [1.165, 1.54) is 4.68 Å². The van der Waals surface area contributed by atoms with Crippen molar-refractivity contribution < 1.29 is 13.6 Å². The summed E-state index contributed by atoms with van der Waals surface area (Å²) in [7, 11) is 1.82. The molecule has 0 aromatic carbocycles. The highest BCUT2D eigenvalue weighted by molar-refractivity contribution is 6.31. The lowest BCUT2D eigenvalue weighted by atomic mass is 10.1. The number of nitrogens with one attached hydrogen (secondary N) is 1. The zero-order valence-corrected chi connectivity index (χ0v) is 14.9. The third-order valence-electron chi connectivity index (χ3n) is 4.15. The van der Waals surface area contributed by atoms with Crippen LogP contribution in [0.25, 0.3) is 0 Å². The number of carbonyl (C=O) groups is 1. The Hall–Kier alpha value is -1.96. The second-order valence-corrected chi connectivity index (χ2v) is 6.12. The number of alkyl halides is 2. The fourth-order valence-electron chi connectivity index (χ4n) is 2.50. The summed E-state index contributed by atoms with van der Waals surface area (Å²) >= 11 is 5.88. The number of rotatable bonds is 5. The van der Waals surface area contributed by atoms with Crippen molar-refractivity contribution in [3.05, 3.63) is 33.9 Å². The van der Waals surface area contributed by atoms with Gasteiger partial charge in [0.2, 0.25) is 5.91 Å². The first kappa shape index (κ1) is 18.4. The predicted molar refractivity (Wildman–Crippen MR) is 86.1 cm³/mol. The molecule has 0 aliphatic heterocycles. The summed E-state index contributed by atoms with van der Waals surface area (Å²) in [6.07, 6.45) is -1.10. The lowest BCUT2D eigenvalue weighted by molar-refractivity contribution is -0.124. The lowest BCUT2D eigenvalue weighted by Gasteiger charge is -2.19. The molecule has 0 saturated carbocycles. The highest BCUT2D eigenvalue weighted by Gasteiger charge is 2.26. The predicted octanol–water partition coefficient (Wildman–Crippen LogP) is 3.26. The molecule has 24 heavy (non-hydrogen) atoms. The summed E-state index contributed by atoms with van der Waals surface area (Å²) < 4.78 is 28.7. The van der Waals surface area contributed by atoms with Gasteiger partial charge in [0.25, 0.3) is 6.43 Å². The fourth-order valence-corrected chi connectivity index (χ4v) is 2.71. The SMILES string of the molecule is Cc1c([C@H](C)NC(=O)[C@@H](C)n2nc(C(F)F)c(Cl)c2C)cnn1C. The number of hydrogen-bond acceptors (Lipinski definition) is 3. The third kappa shape index (κ3) is 3.28. The van der Waals surface area contributed by atoms with Gasteiger partial charge in [-0.3, -0.25) is 14.2 Å². The molecule has 0 aliphatic rings. The van der Waals surface area contributed by atoms with Crippen molar-refractivity contribution in [1.29, 1.82) is 0 Å². The second-order valence-electron chi connectivity index (χ2n) is 5.75. The minimum Gasteiger partial charge on any atom is -0.348 e. The molecule has 0 fully saturated rings. The van der Waals surface area contributed by atoms with E-state index in [9.17, 15) is 13.6 Å². The van der Waals surface area contributed by atoms with E-state index in [0.717, 1.165) is 11.3 Å². The molecular formula is C15H20ClF2N5O. The first-order valence-corrected chi connectivity index (χ1v) is 7.84. The molecule has 0 spiro atoms. The normalized spacial score (nSPS) is 14.0. The van der Waals surface area contributed by atoms with E-state index in [1.54, 1.807) is 24.7 Å². The van der Waals surface area contributed by atoms with E-state index in [2.05, 4.69) is 15.5 Å². The summed E-state index contributed by atoms with van der Waals surface area (Å²) in [6.45, 7) is 6.88. The molecule has 132 valence electrons. The van der Waals surface area contributed by atoms with E-state index >= 15 is 0 Å². The molecule has 1 amide bonds. The van der Waals surface area contributed by atoms with Gasteiger partial charge in [-0.15, -0.1) is 0 Å². The zero-order valence-electron chi connectivity index (χ0n) is 14.1. The van der Waals surface area contributed by atoms with Gasteiger partial charge in [0.1, 0.15) is 11.7 Å². The molecule has 2 aromatic rings. The summed E-state index contributed by atoms with van der Waals surface area (Å²) in [5.41, 5.74) is 1.65. The van der Waals surface area contributed by atoms with E-state index in [-0.39, 0.29) is 17.0 Å². The van der Waals surface area contributed by atoms with Gasteiger partial charge in [-0.25, -0.2) is 8.78 Å². The van der Waals surface area contributed by atoms with E-state index in [1.807, 2.05) is 20.9 Å². The molecule has 0 unspecified atom stereocenters. The number of halogens is 3. The van der Waals surface area contributed by atoms with E-state index in [0.29, 0.717) is 5.69 Å². The van der Waals surface area contributed by atoms with Gasteiger partial charge in [-0.1, -0.05) is 11.6 Å². The average molecular weight is 360 g/mol. The third-order valence-corrected chi connectivity index (χ3v) is 4.62. The van der Waals surface area contributed by atoms with Crippen LogP contribution in [0.3, 0.4) is 0 Å². The van der Waals surface area contributed by atoms with Gasteiger partial charge < -0.3 is 5.32 Å². The largest absolute Gasteiger partial charge is 0.348 e. The molecule has 0 radical (unpaired) electrons. The van der Waals surface area contributed by atoms with E-state index < -0.39 is 18.2 Å². The quantitative estimate of drug-likeness (QED) is 0.891. The maximum Gasteiger partial charge on any atom is 0.283 e. The molecule has 6 nitrogen and oxygen atoms in total. The van der Waals surface area contributed by atoms with Gasteiger partial charge in [0.05, 0.1) is 23.0 Å². The van der Waals surface area contributed by atoms with Crippen molar-refractivity contribution in [3.63, 3.8) is 0 Å². The lowest BCUT2D eigenvalue weighted by Crippen LogP contribution is -2.34. The maximum absolute atomic E-state index is 12.9. The van der Waals surface area contributed by atoms with Crippen molar-refractivity contribution >= 4 is 17.5 Å². The molecule has 0 bridgehead atoms. The van der Waals surface area contributed by atoms with E-state index in [4.69, 9.17) is 11.6 Å². The second kappa shape index (κ2) is 6.88. The topological polar surface area (TPSA) is 64.7 Å². The standard InChI is InChI=1S/C15H20ClF2N5O/c1-7(11-6-19-22(5)8(11)2)20-15(24)10(4)23-9(3)12(16)13(21-23)14(17)18/h6-7,10,14H,1-5H3,(H,20,24)/t7-,10+/m0/s1. The first-order chi connectivity index (χ1) is 11.1. The van der Waals surface area contributed by atoms with Gasteiger partial charge in [0.15, 0.2) is 0 Å². The monoisotopic (exact) mass is 359 g/mol. The minimum absolute atomic E-state index is 0.110. The van der Waals surface area contributed by atoms with Crippen LogP contribution in [0.4, 0.5) is 8.78 Å². The molecule has 2 rings (SSSR count). The van der Waals surface area contributed by atoms with Crippen LogP contribution in [-0.2, 0) is 11.8 Å². The van der Waals surface area contributed by atoms with Crippen molar-refractivity contribution in [1.82, 2.24) is 24.9 Å². The zero-order chi connectivity index (χ0) is 18.2. The Balaban J connectivity index is 2.18. The van der Waals surface area contributed by atoms with Crippen LogP contribution in [0, 0.1) is 13.8 Å². The molecule has 0 saturated heterocycles. The molecule has 0 aliphatic carbocycles. The Morgan fingerprint density at radius 2 is 1.92 bits per heavy atom. The number of aromatic nitrogens is 4. The Kier molecular flexibility index (Phi) is 5.27. The van der Waals surface area contributed by atoms with Crippen molar-refractivity contribution in [3.8, 4) is 0 Å². The average Bonchev–Trinajstić information content (AvgIpc) is 3.00. The summed E-state index contributed by atoms with van der Waals surface area (Å²) in [5, 5.41) is 10.7. The van der Waals surface area contributed by atoms with Crippen molar-refractivity contribution in [2.24, 2.45) is 7.05 Å². The van der Waals surface area contributed by atoms with Crippen LogP contribution < -0.4 is 5.32 Å². The molecule has 2 aromatic heterocycles.